The zero-order valence-electron chi connectivity index (χ0n) is 35.4. The first-order valence-electron chi connectivity index (χ1n) is 22.4. The van der Waals surface area contributed by atoms with Crippen LogP contribution in [0.15, 0.2) is 24.3 Å². The number of phosphoric acid groups is 1. The van der Waals surface area contributed by atoms with Crippen LogP contribution in [-0.2, 0) is 32.7 Å². The molecule has 0 spiro atoms. The molecule has 0 aromatic heterocycles. The first-order chi connectivity index (χ1) is 27.1. The van der Waals surface area contributed by atoms with E-state index in [1.165, 1.54) is 116 Å². The van der Waals surface area contributed by atoms with E-state index in [0.29, 0.717) is 12.8 Å². The molecule has 0 aromatic carbocycles. The predicted octanol–water partition coefficient (Wildman–Crippen LogP) is 11.4. The summed E-state index contributed by atoms with van der Waals surface area (Å²) < 4.78 is 26.8. The van der Waals surface area contributed by atoms with Crippen molar-refractivity contribution in [3.8, 4) is 0 Å². The second-order valence-electron chi connectivity index (χ2n) is 15.2. The number of hydrogen-bond acceptors (Lipinski definition) is 8. The molecular formula is C44H82NO10P. The number of nitrogens with one attached hydrogen (secondary N) is 1. The number of aliphatic carboxylic acids is 1. The monoisotopic (exact) mass is 816 g/mol. The number of amides is 1. The number of aliphatic hydroxyl groups is 1. The second-order valence-corrected chi connectivity index (χ2v) is 16.7. The van der Waals surface area contributed by atoms with E-state index >= 15 is 0 Å². The molecular weight excluding hydrogens is 733 g/mol. The number of esters is 1. The number of aliphatic hydroxyl groups excluding tert-OH is 1. The van der Waals surface area contributed by atoms with Crippen molar-refractivity contribution in [2.45, 2.75) is 219 Å². The summed E-state index contributed by atoms with van der Waals surface area (Å²) >= 11 is 0. The Morgan fingerprint density at radius 1 is 0.571 bits per heavy atom. The lowest BCUT2D eigenvalue weighted by Gasteiger charge is -2.18. The van der Waals surface area contributed by atoms with E-state index in [1.54, 1.807) is 0 Å². The molecule has 12 heteroatoms. The third kappa shape index (κ3) is 38.8. The number of ether oxygens (including phenoxy) is 1. The summed E-state index contributed by atoms with van der Waals surface area (Å²) in [7, 11) is -4.75. The van der Waals surface area contributed by atoms with E-state index in [-0.39, 0.29) is 12.8 Å². The summed E-state index contributed by atoms with van der Waals surface area (Å²) in [5.41, 5.74) is 0. The van der Waals surface area contributed by atoms with E-state index in [2.05, 4.69) is 43.5 Å². The van der Waals surface area contributed by atoms with Crippen molar-refractivity contribution in [3.63, 3.8) is 0 Å². The molecule has 0 saturated heterocycles. The number of hydrogen-bond donors (Lipinski definition) is 4. The van der Waals surface area contributed by atoms with E-state index in [1.807, 2.05) is 0 Å². The molecule has 0 aliphatic rings. The highest BCUT2D eigenvalue weighted by atomic mass is 31.2. The fraction of sp³-hybridized carbons (Fsp3) is 0.841. The van der Waals surface area contributed by atoms with Crippen LogP contribution < -0.4 is 5.32 Å². The summed E-state index contributed by atoms with van der Waals surface area (Å²) in [5, 5.41) is 21.8. The van der Waals surface area contributed by atoms with E-state index in [4.69, 9.17) is 13.8 Å². The molecule has 0 bridgehead atoms. The third-order valence-electron chi connectivity index (χ3n) is 9.74. The van der Waals surface area contributed by atoms with Crippen molar-refractivity contribution in [1.82, 2.24) is 5.32 Å². The van der Waals surface area contributed by atoms with Gasteiger partial charge in [0, 0.05) is 12.8 Å². The average molecular weight is 816 g/mol. The fourth-order valence-corrected chi connectivity index (χ4v) is 7.00. The van der Waals surface area contributed by atoms with Crippen molar-refractivity contribution < 1.29 is 47.8 Å². The van der Waals surface area contributed by atoms with Gasteiger partial charge in [0.1, 0.15) is 12.7 Å². The number of carboxylic acids is 1. The summed E-state index contributed by atoms with van der Waals surface area (Å²) in [6, 6.07) is -1.54. The molecule has 11 nitrogen and oxygen atoms in total. The molecule has 3 unspecified atom stereocenters. The number of carbonyl (C=O) groups excluding carboxylic acids is 2. The van der Waals surface area contributed by atoms with Gasteiger partial charge in [-0.15, -0.1) is 0 Å². The van der Waals surface area contributed by atoms with Crippen LogP contribution in [0.2, 0.25) is 0 Å². The standard InChI is InChI=1S/C44H82NO10P/c1-3-5-7-9-11-13-15-17-19-20-22-24-26-28-30-32-34-36-43(48)53-37-40(46)38-54-56(51,52)55-39-41(44(49)50)45-42(47)35-33-31-29-27-25-23-21-18-16-14-12-10-8-6-4-2/h11,13,17,19,40-41,46H,3-10,12,14-16,18,20-39H2,1-2H3,(H,45,47)(H,49,50)(H,51,52)/b13-11-,19-17-. The number of carbonyl (C=O) groups is 3. The van der Waals surface area contributed by atoms with Crippen LogP contribution >= 0.6 is 7.82 Å². The van der Waals surface area contributed by atoms with Gasteiger partial charge < -0.3 is 25.2 Å². The quantitative estimate of drug-likeness (QED) is 0.0201. The second kappa shape index (κ2) is 39.8. The zero-order chi connectivity index (χ0) is 41.4. The predicted molar refractivity (Wildman–Crippen MR) is 226 cm³/mol. The Hall–Kier alpha value is -2.04. The SMILES string of the molecule is CCCCC/C=C\C/C=C\CCCCCCCCCC(=O)OCC(O)COP(=O)(O)OCC(NC(=O)CCCCCCCCCCCCCCCCC)C(=O)O. The van der Waals surface area contributed by atoms with Crippen molar-refractivity contribution >= 4 is 25.7 Å². The maximum Gasteiger partial charge on any atom is 0.472 e. The number of carboxylic acid groups (broad SMARTS) is 1. The van der Waals surface area contributed by atoms with Crippen molar-refractivity contribution in [3.05, 3.63) is 24.3 Å². The normalized spacial score (nSPS) is 13.9. The van der Waals surface area contributed by atoms with Gasteiger partial charge in [-0.2, -0.15) is 0 Å². The van der Waals surface area contributed by atoms with Crippen molar-refractivity contribution in [2.24, 2.45) is 0 Å². The van der Waals surface area contributed by atoms with Gasteiger partial charge in [-0.25, -0.2) is 9.36 Å². The zero-order valence-corrected chi connectivity index (χ0v) is 36.3. The van der Waals surface area contributed by atoms with Gasteiger partial charge in [0.15, 0.2) is 6.04 Å². The number of rotatable bonds is 42. The number of allylic oxidation sites excluding steroid dienone is 4. The van der Waals surface area contributed by atoms with E-state index in [0.717, 1.165) is 51.4 Å². The lowest BCUT2D eigenvalue weighted by atomic mass is 10.0. The summed E-state index contributed by atoms with van der Waals surface area (Å²) in [6.07, 6.45) is 40.5. The molecule has 0 fully saturated rings. The van der Waals surface area contributed by atoms with Gasteiger partial charge in [0.05, 0.1) is 13.2 Å². The maximum atomic E-state index is 12.3. The van der Waals surface area contributed by atoms with Gasteiger partial charge >= 0.3 is 19.8 Å². The molecule has 0 aromatic rings. The number of unbranched alkanes of at least 4 members (excludes halogenated alkanes) is 24. The van der Waals surface area contributed by atoms with Crippen molar-refractivity contribution in [1.29, 1.82) is 0 Å². The Labute approximate surface area is 340 Å². The van der Waals surface area contributed by atoms with Crippen LogP contribution in [0.3, 0.4) is 0 Å². The first-order valence-corrected chi connectivity index (χ1v) is 23.9. The van der Waals surface area contributed by atoms with Crippen LogP contribution in [0, 0.1) is 0 Å². The van der Waals surface area contributed by atoms with Gasteiger partial charge in [-0.1, -0.05) is 173 Å². The molecule has 328 valence electrons. The van der Waals surface area contributed by atoms with E-state index in [9.17, 15) is 34.1 Å². The Balaban J connectivity index is 3.89. The first kappa shape index (κ1) is 54.0. The average Bonchev–Trinajstić information content (AvgIpc) is 3.17. The maximum absolute atomic E-state index is 12.3. The lowest BCUT2D eigenvalue weighted by molar-refractivity contribution is -0.147. The largest absolute Gasteiger partial charge is 0.480 e. The smallest absolute Gasteiger partial charge is 0.472 e. The van der Waals surface area contributed by atoms with Crippen LogP contribution in [0.1, 0.15) is 206 Å². The minimum atomic E-state index is -4.75. The highest BCUT2D eigenvalue weighted by Crippen LogP contribution is 2.43. The highest BCUT2D eigenvalue weighted by Gasteiger charge is 2.28. The van der Waals surface area contributed by atoms with Crippen LogP contribution in [0.5, 0.6) is 0 Å². The Kier molecular flexibility index (Phi) is 38.3. The molecule has 3 atom stereocenters. The topological polar surface area (TPSA) is 169 Å². The lowest BCUT2D eigenvalue weighted by Crippen LogP contribution is -2.43. The Bertz CT molecular complexity index is 1050. The minimum Gasteiger partial charge on any atom is -0.480 e. The highest BCUT2D eigenvalue weighted by molar-refractivity contribution is 7.47. The summed E-state index contributed by atoms with van der Waals surface area (Å²) in [4.78, 5) is 45.9. The van der Waals surface area contributed by atoms with Gasteiger partial charge in [-0.3, -0.25) is 18.6 Å². The van der Waals surface area contributed by atoms with Gasteiger partial charge in [0.25, 0.3) is 0 Å². The Morgan fingerprint density at radius 2 is 0.982 bits per heavy atom. The molecule has 0 aliphatic carbocycles. The van der Waals surface area contributed by atoms with Crippen molar-refractivity contribution in [2.75, 3.05) is 19.8 Å². The molecule has 56 heavy (non-hydrogen) atoms. The molecule has 0 radical (unpaired) electrons. The number of phosphoric ester groups is 1. The molecule has 0 aliphatic heterocycles. The summed E-state index contributed by atoms with van der Waals surface area (Å²) in [6.45, 7) is 2.57. The third-order valence-corrected chi connectivity index (χ3v) is 10.7. The van der Waals surface area contributed by atoms with Crippen LogP contribution in [0.25, 0.3) is 0 Å². The minimum absolute atomic E-state index is 0.149. The molecule has 0 saturated carbocycles. The molecule has 4 N–H and O–H groups in total. The molecule has 0 rings (SSSR count). The van der Waals surface area contributed by atoms with E-state index < -0.39 is 57.6 Å². The van der Waals surface area contributed by atoms with Crippen LogP contribution in [0.4, 0.5) is 0 Å². The van der Waals surface area contributed by atoms with Crippen LogP contribution in [-0.4, -0.2) is 64.9 Å². The van der Waals surface area contributed by atoms with Gasteiger partial charge in [0.2, 0.25) is 5.91 Å². The molecule has 1 amide bonds. The molecule has 0 heterocycles. The fourth-order valence-electron chi connectivity index (χ4n) is 6.23. The Morgan fingerprint density at radius 3 is 1.48 bits per heavy atom. The summed E-state index contributed by atoms with van der Waals surface area (Å²) in [5.74, 6) is -2.37. The van der Waals surface area contributed by atoms with Gasteiger partial charge in [-0.05, 0) is 44.9 Å².